The minimum Gasteiger partial charge on any atom is -0.478 e. The number of hydrogen-bond acceptors (Lipinski definition) is 3. The fourth-order valence-electron chi connectivity index (χ4n) is 1.88. The van der Waals surface area contributed by atoms with E-state index in [0.717, 1.165) is 10.2 Å². The Labute approximate surface area is 126 Å². The standard InChI is InChI=1S/C15H16BrFN2O/c1-3-20-15-7-5-12(9-18-15)19-10(2)13-6-4-11(16)8-14(13)17/h4-10,19H,3H2,1-2H3. The maximum absolute atomic E-state index is 13.9. The quantitative estimate of drug-likeness (QED) is 0.867. The Morgan fingerprint density at radius 1 is 1.35 bits per heavy atom. The molecule has 0 saturated heterocycles. The van der Waals surface area contributed by atoms with Crippen molar-refractivity contribution in [3.8, 4) is 5.88 Å². The predicted molar refractivity (Wildman–Crippen MR) is 81.5 cm³/mol. The fourth-order valence-corrected chi connectivity index (χ4v) is 2.21. The van der Waals surface area contributed by atoms with E-state index in [1.54, 1.807) is 18.3 Å². The van der Waals surface area contributed by atoms with Crippen LogP contribution in [0.25, 0.3) is 0 Å². The molecule has 0 bridgehead atoms. The van der Waals surface area contributed by atoms with E-state index < -0.39 is 0 Å². The van der Waals surface area contributed by atoms with Crippen LogP contribution in [0, 0.1) is 5.82 Å². The second-order valence-electron chi connectivity index (χ2n) is 4.35. The normalized spacial score (nSPS) is 12.0. The summed E-state index contributed by atoms with van der Waals surface area (Å²) in [6.45, 7) is 4.40. The molecule has 5 heteroatoms. The van der Waals surface area contributed by atoms with Crippen molar-refractivity contribution >= 4 is 21.6 Å². The summed E-state index contributed by atoms with van der Waals surface area (Å²) in [5.41, 5.74) is 1.44. The molecule has 1 heterocycles. The molecule has 0 radical (unpaired) electrons. The Hall–Kier alpha value is -1.62. The molecule has 0 aliphatic carbocycles. The number of anilines is 1. The summed E-state index contributed by atoms with van der Waals surface area (Å²) in [5, 5.41) is 3.21. The lowest BCUT2D eigenvalue weighted by atomic mass is 10.1. The number of rotatable bonds is 5. The van der Waals surface area contributed by atoms with Crippen LogP contribution < -0.4 is 10.1 Å². The van der Waals surface area contributed by atoms with Crippen LogP contribution in [0.5, 0.6) is 5.88 Å². The van der Waals surface area contributed by atoms with Crippen molar-refractivity contribution in [3.05, 3.63) is 52.4 Å². The first-order chi connectivity index (χ1) is 9.60. The van der Waals surface area contributed by atoms with Crippen molar-refractivity contribution in [3.63, 3.8) is 0 Å². The first-order valence-corrected chi connectivity index (χ1v) is 7.19. The smallest absolute Gasteiger partial charge is 0.213 e. The molecule has 1 unspecified atom stereocenters. The van der Waals surface area contributed by atoms with Crippen LogP contribution in [0.4, 0.5) is 10.1 Å². The fraction of sp³-hybridized carbons (Fsp3) is 0.267. The number of aromatic nitrogens is 1. The first-order valence-electron chi connectivity index (χ1n) is 6.40. The topological polar surface area (TPSA) is 34.1 Å². The van der Waals surface area contributed by atoms with Gasteiger partial charge in [0, 0.05) is 16.1 Å². The molecule has 3 nitrogen and oxygen atoms in total. The Bertz CT molecular complexity index is 575. The third kappa shape index (κ3) is 3.70. The van der Waals surface area contributed by atoms with E-state index in [9.17, 15) is 4.39 Å². The molecular weight excluding hydrogens is 323 g/mol. The van der Waals surface area contributed by atoms with Gasteiger partial charge in [-0.2, -0.15) is 0 Å². The average molecular weight is 339 g/mol. The highest BCUT2D eigenvalue weighted by molar-refractivity contribution is 9.10. The number of ether oxygens (including phenoxy) is 1. The molecule has 2 rings (SSSR count). The zero-order chi connectivity index (χ0) is 14.5. The lowest BCUT2D eigenvalue weighted by Crippen LogP contribution is -2.09. The molecule has 0 aliphatic heterocycles. The highest BCUT2D eigenvalue weighted by atomic mass is 79.9. The van der Waals surface area contributed by atoms with Crippen LogP contribution in [-0.4, -0.2) is 11.6 Å². The van der Waals surface area contributed by atoms with Crippen molar-refractivity contribution in [2.45, 2.75) is 19.9 Å². The summed E-state index contributed by atoms with van der Waals surface area (Å²) >= 11 is 3.25. The number of pyridine rings is 1. The molecule has 0 aliphatic rings. The molecule has 1 aromatic heterocycles. The number of hydrogen-bond donors (Lipinski definition) is 1. The highest BCUT2D eigenvalue weighted by Gasteiger charge is 2.11. The van der Waals surface area contributed by atoms with Gasteiger partial charge in [-0.25, -0.2) is 9.37 Å². The van der Waals surface area contributed by atoms with E-state index in [4.69, 9.17) is 4.74 Å². The van der Waals surface area contributed by atoms with Crippen molar-refractivity contribution < 1.29 is 9.13 Å². The Kier molecular flexibility index (Phi) is 4.95. The molecule has 0 spiro atoms. The maximum Gasteiger partial charge on any atom is 0.213 e. The molecule has 2 aromatic rings. The van der Waals surface area contributed by atoms with Gasteiger partial charge in [-0.05, 0) is 32.0 Å². The van der Waals surface area contributed by atoms with Crippen molar-refractivity contribution in [1.29, 1.82) is 0 Å². The molecule has 0 amide bonds. The molecule has 20 heavy (non-hydrogen) atoms. The molecule has 0 saturated carbocycles. The second-order valence-corrected chi connectivity index (χ2v) is 5.27. The van der Waals surface area contributed by atoms with Gasteiger partial charge in [0.2, 0.25) is 5.88 Å². The summed E-state index contributed by atoms with van der Waals surface area (Å²) in [7, 11) is 0. The summed E-state index contributed by atoms with van der Waals surface area (Å²) in [6, 6.07) is 8.56. The van der Waals surface area contributed by atoms with E-state index >= 15 is 0 Å². The van der Waals surface area contributed by atoms with E-state index in [1.165, 1.54) is 6.07 Å². The third-order valence-electron chi connectivity index (χ3n) is 2.84. The molecule has 0 fully saturated rings. The van der Waals surface area contributed by atoms with E-state index in [2.05, 4.69) is 26.2 Å². The van der Waals surface area contributed by atoms with Crippen LogP contribution in [0.1, 0.15) is 25.5 Å². The summed E-state index contributed by atoms with van der Waals surface area (Å²) in [5.74, 6) is 0.346. The van der Waals surface area contributed by atoms with Crippen LogP contribution in [-0.2, 0) is 0 Å². The minimum absolute atomic E-state index is 0.150. The van der Waals surface area contributed by atoms with E-state index in [-0.39, 0.29) is 11.9 Å². The summed E-state index contributed by atoms with van der Waals surface area (Å²) < 4.78 is 19.9. The second kappa shape index (κ2) is 6.70. The minimum atomic E-state index is -0.238. The maximum atomic E-state index is 13.9. The van der Waals surface area contributed by atoms with E-state index in [0.29, 0.717) is 18.1 Å². The third-order valence-corrected chi connectivity index (χ3v) is 3.33. The molecule has 106 valence electrons. The zero-order valence-corrected chi connectivity index (χ0v) is 12.9. The van der Waals surface area contributed by atoms with Crippen LogP contribution >= 0.6 is 15.9 Å². The van der Waals surface area contributed by atoms with Crippen LogP contribution in [0.15, 0.2) is 41.0 Å². The first kappa shape index (κ1) is 14.8. The lowest BCUT2D eigenvalue weighted by Gasteiger charge is -2.16. The Balaban J connectivity index is 2.08. The average Bonchev–Trinajstić information content (AvgIpc) is 2.41. The number of nitrogens with one attached hydrogen (secondary N) is 1. The molecule has 1 atom stereocenters. The van der Waals surface area contributed by atoms with Crippen molar-refractivity contribution in [2.75, 3.05) is 11.9 Å². The van der Waals surface area contributed by atoms with Gasteiger partial charge < -0.3 is 10.1 Å². The van der Waals surface area contributed by atoms with Gasteiger partial charge in [0.1, 0.15) is 5.82 Å². The van der Waals surface area contributed by atoms with Gasteiger partial charge >= 0.3 is 0 Å². The molecule has 1 N–H and O–H groups in total. The number of halogens is 2. The van der Waals surface area contributed by atoms with Gasteiger partial charge in [-0.3, -0.25) is 0 Å². The monoisotopic (exact) mass is 338 g/mol. The van der Waals surface area contributed by atoms with Crippen LogP contribution in [0.3, 0.4) is 0 Å². The highest BCUT2D eigenvalue weighted by Crippen LogP contribution is 2.24. The molecular formula is C15H16BrFN2O. The predicted octanol–water partition coefficient (Wildman–Crippen LogP) is 4.56. The van der Waals surface area contributed by atoms with Crippen molar-refractivity contribution in [2.24, 2.45) is 0 Å². The van der Waals surface area contributed by atoms with Gasteiger partial charge in [0.15, 0.2) is 0 Å². The van der Waals surface area contributed by atoms with Gasteiger partial charge in [0.05, 0.1) is 24.5 Å². The van der Waals surface area contributed by atoms with Gasteiger partial charge in [0.25, 0.3) is 0 Å². The zero-order valence-electron chi connectivity index (χ0n) is 11.4. The lowest BCUT2D eigenvalue weighted by molar-refractivity contribution is 0.327. The van der Waals surface area contributed by atoms with Crippen molar-refractivity contribution in [1.82, 2.24) is 4.98 Å². The summed E-state index contributed by atoms with van der Waals surface area (Å²) in [4.78, 5) is 4.17. The van der Waals surface area contributed by atoms with Gasteiger partial charge in [-0.15, -0.1) is 0 Å². The largest absolute Gasteiger partial charge is 0.478 e. The number of nitrogens with zero attached hydrogens (tertiary/aromatic N) is 1. The molecule has 1 aromatic carbocycles. The Morgan fingerprint density at radius 2 is 2.15 bits per heavy atom. The van der Waals surface area contributed by atoms with E-state index in [1.807, 2.05) is 26.0 Å². The summed E-state index contributed by atoms with van der Waals surface area (Å²) in [6.07, 6.45) is 1.68. The SMILES string of the molecule is CCOc1ccc(NC(C)c2ccc(Br)cc2F)cn1. The Morgan fingerprint density at radius 3 is 2.75 bits per heavy atom. The van der Waals surface area contributed by atoms with Gasteiger partial charge in [-0.1, -0.05) is 22.0 Å². The van der Waals surface area contributed by atoms with Crippen LogP contribution in [0.2, 0.25) is 0 Å². The number of benzene rings is 1.